The molecule has 0 amide bonds. The van der Waals surface area contributed by atoms with E-state index in [1.54, 1.807) is 12.4 Å². The van der Waals surface area contributed by atoms with E-state index in [0.29, 0.717) is 6.61 Å². The first-order valence-corrected chi connectivity index (χ1v) is 3.20. The fourth-order valence-electron chi connectivity index (χ4n) is 0.962. The van der Waals surface area contributed by atoms with Crippen LogP contribution in [0.3, 0.4) is 0 Å². The molecule has 2 rings (SSSR count). The van der Waals surface area contributed by atoms with Gasteiger partial charge in [0, 0.05) is 11.6 Å². The minimum absolute atomic E-state index is 0.665. The van der Waals surface area contributed by atoms with E-state index in [0.717, 1.165) is 11.3 Å². The summed E-state index contributed by atoms with van der Waals surface area (Å²) in [4.78, 5) is 3.94. The number of ether oxygens (including phenoxy) is 1. The van der Waals surface area contributed by atoms with Crippen molar-refractivity contribution in [2.24, 2.45) is 0 Å². The van der Waals surface area contributed by atoms with Crippen molar-refractivity contribution < 1.29 is 4.74 Å². The molecule has 0 atom stereocenters. The molecule has 49 valence electrons. The van der Waals surface area contributed by atoms with Crippen LogP contribution in [0.15, 0.2) is 35.8 Å². The van der Waals surface area contributed by atoms with Gasteiger partial charge in [-0.25, -0.2) is 0 Å². The van der Waals surface area contributed by atoms with Gasteiger partial charge in [-0.3, -0.25) is 0 Å². The van der Waals surface area contributed by atoms with Crippen molar-refractivity contribution >= 4 is 6.21 Å². The highest BCUT2D eigenvalue weighted by atomic mass is 16.5. The van der Waals surface area contributed by atoms with Crippen LogP contribution >= 0.6 is 0 Å². The van der Waals surface area contributed by atoms with E-state index in [-0.39, 0.29) is 0 Å². The average Bonchev–Trinajstić information content (AvgIpc) is 2.05. The number of hydrogen-bond donors (Lipinski definition) is 0. The third-order valence-electron chi connectivity index (χ3n) is 1.45. The first-order valence-electron chi connectivity index (χ1n) is 3.20. The second-order valence-corrected chi connectivity index (χ2v) is 2.13. The van der Waals surface area contributed by atoms with Crippen LogP contribution in [-0.2, 0) is 4.74 Å². The Morgan fingerprint density at radius 3 is 3.30 bits per heavy atom. The van der Waals surface area contributed by atoms with E-state index in [4.69, 9.17) is 4.74 Å². The molecule has 0 aromatic carbocycles. The maximum Gasteiger partial charge on any atom is 0.284 e. The Labute approximate surface area is 59.2 Å². The summed E-state index contributed by atoms with van der Waals surface area (Å²) in [6.45, 7) is 0.665. The SMILES string of the molecule is C1=CC2=C(C=[N+]C=C2)OC1. The Balaban J connectivity index is 2.43. The predicted octanol–water partition coefficient (Wildman–Crippen LogP) is 0.761. The van der Waals surface area contributed by atoms with Crippen molar-refractivity contribution in [1.29, 1.82) is 0 Å². The molecule has 2 aliphatic rings. The van der Waals surface area contributed by atoms with E-state index in [2.05, 4.69) is 4.99 Å². The zero-order valence-electron chi connectivity index (χ0n) is 5.45. The lowest BCUT2D eigenvalue weighted by atomic mass is 10.1. The van der Waals surface area contributed by atoms with Crippen molar-refractivity contribution in [1.82, 2.24) is 4.99 Å². The van der Waals surface area contributed by atoms with Gasteiger partial charge in [0.1, 0.15) is 6.61 Å². The second-order valence-electron chi connectivity index (χ2n) is 2.13. The summed E-state index contributed by atoms with van der Waals surface area (Å²) >= 11 is 0. The predicted molar refractivity (Wildman–Crippen MR) is 39.5 cm³/mol. The monoisotopic (exact) mass is 133 g/mol. The first-order chi connectivity index (χ1) is 4.97. The number of allylic oxidation sites excluding steroid dienone is 4. The van der Waals surface area contributed by atoms with Gasteiger partial charge in [0.05, 0.1) is 4.99 Å². The molecule has 2 heteroatoms. The van der Waals surface area contributed by atoms with E-state index >= 15 is 0 Å². The lowest BCUT2D eigenvalue weighted by Gasteiger charge is -2.08. The minimum atomic E-state index is 0.665. The zero-order valence-corrected chi connectivity index (χ0v) is 5.45. The number of aliphatic imine (C=N–C) groups is 1. The molecule has 0 bridgehead atoms. The molecule has 0 aromatic heterocycles. The van der Waals surface area contributed by atoms with E-state index in [1.165, 1.54) is 0 Å². The van der Waals surface area contributed by atoms with Crippen LogP contribution in [0, 0.1) is 0 Å². The maximum absolute atomic E-state index is 5.27. The van der Waals surface area contributed by atoms with Gasteiger partial charge in [-0.05, 0) is 6.08 Å². The molecule has 0 saturated heterocycles. The molecule has 0 N–H and O–H groups in total. The highest BCUT2D eigenvalue weighted by Crippen LogP contribution is 2.13. The Hall–Kier alpha value is -1.31. The summed E-state index contributed by atoms with van der Waals surface area (Å²) in [6.07, 6.45) is 9.46. The number of hydrogen-bond acceptors (Lipinski definition) is 2. The standard InChI is InChI=1S/C8H7NO/c1-2-7-3-4-9-6-8(7)10-5-1/h1-4,6H,5H2/q+1. The second kappa shape index (κ2) is 2.14. The van der Waals surface area contributed by atoms with Crippen molar-refractivity contribution in [3.8, 4) is 0 Å². The van der Waals surface area contributed by atoms with Crippen molar-refractivity contribution in [2.45, 2.75) is 0 Å². The third-order valence-corrected chi connectivity index (χ3v) is 1.45. The molecule has 0 saturated carbocycles. The lowest BCUT2D eigenvalue weighted by molar-refractivity contribution is 0.264. The summed E-state index contributed by atoms with van der Waals surface area (Å²) in [7, 11) is 0. The molecule has 2 heterocycles. The molecule has 0 spiro atoms. The first kappa shape index (κ1) is 5.47. The average molecular weight is 133 g/mol. The van der Waals surface area contributed by atoms with Gasteiger partial charge in [-0.1, -0.05) is 6.08 Å². The summed E-state index contributed by atoms with van der Waals surface area (Å²) in [5.41, 5.74) is 1.11. The largest absolute Gasteiger partial charge is 0.483 e. The van der Waals surface area contributed by atoms with Crippen LogP contribution in [0.25, 0.3) is 0 Å². The van der Waals surface area contributed by atoms with Crippen LogP contribution in [0.1, 0.15) is 0 Å². The van der Waals surface area contributed by atoms with Gasteiger partial charge in [-0.2, -0.15) is 0 Å². The molecule has 0 unspecified atom stereocenters. The summed E-state index contributed by atoms with van der Waals surface area (Å²) in [5.74, 6) is 0.880. The van der Waals surface area contributed by atoms with Crippen LogP contribution in [0.5, 0.6) is 0 Å². The Kier molecular flexibility index (Phi) is 1.17. The van der Waals surface area contributed by atoms with E-state index in [1.807, 2.05) is 18.2 Å². The number of nitrogens with zero attached hydrogens (tertiary/aromatic N) is 1. The van der Waals surface area contributed by atoms with E-state index in [9.17, 15) is 0 Å². The van der Waals surface area contributed by atoms with Crippen LogP contribution in [0.4, 0.5) is 0 Å². The summed E-state index contributed by atoms with van der Waals surface area (Å²) in [5, 5.41) is 0. The van der Waals surface area contributed by atoms with Gasteiger partial charge in [-0.15, -0.1) is 0 Å². The van der Waals surface area contributed by atoms with Crippen molar-refractivity contribution in [2.75, 3.05) is 6.61 Å². The lowest BCUT2D eigenvalue weighted by Crippen LogP contribution is -2.06. The summed E-state index contributed by atoms with van der Waals surface area (Å²) < 4.78 is 5.27. The molecule has 2 aliphatic heterocycles. The number of rotatable bonds is 0. The van der Waals surface area contributed by atoms with Gasteiger partial charge in [0.25, 0.3) is 6.21 Å². The molecule has 10 heavy (non-hydrogen) atoms. The minimum Gasteiger partial charge on any atom is -0.483 e. The van der Waals surface area contributed by atoms with Gasteiger partial charge >= 0.3 is 0 Å². The quantitative estimate of drug-likeness (QED) is 0.478. The fourth-order valence-corrected chi connectivity index (χ4v) is 0.962. The molecule has 0 aliphatic carbocycles. The van der Waals surface area contributed by atoms with Gasteiger partial charge in [0.2, 0.25) is 6.20 Å². The molecule has 0 aromatic rings. The van der Waals surface area contributed by atoms with Crippen LogP contribution in [0.2, 0.25) is 0 Å². The molecular weight excluding hydrogens is 126 g/mol. The Bertz CT molecular complexity index is 258. The topological polar surface area (TPSA) is 23.3 Å². The van der Waals surface area contributed by atoms with Crippen LogP contribution < -0.4 is 4.99 Å². The maximum atomic E-state index is 5.27. The normalized spacial score (nSPS) is 20.8. The highest BCUT2D eigenvalue weighted by molar-refractivity contribution is 5.80. The highest BCUT2D eigenvalue weighted by Gasteiger charge is 2.12. The Morgan fingerprint density at radius 1 is 1.40 bits per heavy atom. The smallest absolute Gasteiger partial charge is 0.284 e. The molecular formula is C8H7NO+. The fraction of sp³-hybridized carbons (Fsp3) is 0.125. The summed E-state index contributed by atoms with van der Waals surface area (Å²) in [6, 6.07) is 0. The van der Waals surface area contributed by atoms with Crippen molar-refractivity contribution in [3.05, 3.63) is 35.8 Å². The van der Waals surface area contributed by atoms with Gasteiger partial charge in [0.15, 0.2) is 5.76 Å². The Morgan fingerprint density at radius 2 is 2.40 bits per heavy atom. The zero-order chi connectivity index (χ0) is 6.81. The van der Waals surface area contributed by atoms with Crippen molar-refractivity contribution in [3.63, 3.8) is 0 Å². The molecule has 0 fully saturated rings. The third kappa shape index (κ3) is 0.778. The molecule has 1 radical (unpaired) electrons. The molecule has 2 nitrogen and oxygen atoms in total. The van der Waals surface area contributed by atoms with E-state index < -0.39 is 0 Å². The van der Waals surface area contributed by atoms with Crippen LogP contribution in [-0.4, -0.2) is 12.8 Å². The van der Waals surface area contributed by atoms with Gasteiger partial charge < -0.3 is 4.74 Å².